The molecule has 1 aliphatic rings. The van der Waals surface area contributed by atoms with Crippen LogP contribution in [-0.4, -0.2) is 27.3 Å². The number of nitrogens with one attached hydrogen (secondary N) is 2. The molecular formula is C12H17FN2O2S. The van der Waals surface area contributed by atoms with Gasteiger partial charge in [0.1, 0.15) is 5.82 Å². The lowest BCUT2D eigenvalue weighted by Crippen LogP contribution is -2.33. The van der Waals surface area contributed by atoms with Crippen LogP contribution < -0.4 is 10.0 Å². The van der Waals surface area contributed by atoms with Crippen LogP contribution in [0.1, 0.15) is 12.8 Å². The normalized spacial score (nSPS) is 17.6. The topological polar surface area (TPSA) is 58.2 Å². The number of piperidine rings is 1. The van der Waals surface area contributed by atoms with Gasteiger partial charge in [0.2, 0.25) is 10.0 Å². The van der Waals surface area contributed by atoms with Crippen LogP contribution in [0.5, 0.6) is 0 Å². The molecule has 0 bridgehead atoms. The standard InChI is InChI=1S/C12H17FN2O2S/c13-11-1-3-12(4-2-11)15-18(16,17)9-10-5-7-14-8-6-10/h1-4,10,14-15H,5-9H2. The molecule has 1 saturated heterocycles. The Balaban J connectivity index is 1.96. The van der Waals surface area contributed by atoms with Gasteiger partial charge in [-0.25, -0.2) is 12.8 Å². The summed E-state index contributed by atoms with van der Waals surface area (Å²) in [5.74, 6) is -0.0491. The van der Waals surface area contributed by atoms with E-state index in [2.05, 4.69) is 10.0 Å². The molecule has 4 nitrogen and oxygen atoms in total. The monoisotopic (exact) mass is 272 g/mol. The molecule has 100 valence electrons. The summed E-state index contributed by atoms with van der Waals surface area (Å²) in [5.41, 5.74) is 0.408. The van der Waals surface area contributed by atoms with Crippen molar-refractivity contribution in [3.05, 3.63) is 30.1 Å². The molecule has 1 aliphatic heterocycles. The second-order valence-electron chi connectivity index (χ2n) is 4.58. The van der Waals surface area contributed by atoms with Gasteiger partial charge in [0, 0.05) is 5.69 Å². The summed E-state index contributed by atoms with van der Waals surface area (Å²) in [4.78, 5) is 0. The molecule has 1 fully saturated rings. The van der Waals surface area contributed by atoms with Gasteiger partial charge in [-0.2, -0.15) is 0 Å². The van der Waals surface area contributed by atoms with Crippen LogP contribution in [0.15, 0.2) is 24.3 Å². The lowest BCUT2D eigenvalue weighted by atomic mass is 10.0. The number of benzene rings is 1. The molecule has 6 heteroatoms. The predicted molar refractivity (Wildman–Crippen MR) is 69.4 cm³/mol. The van der Waals surface area contributed by atoms with E-state index in [-0.39, 0.29) is 17.5 Å². The van der Waals surface area contributed by atoms with E-state index in [1.165, 1.54) is 24.3 Å². The Kier molecular flexibility index (Phi) is 4.19. The SMILES string of the molecule is O=S(=O)(CC1CCNCC1)Nc1ccc(F)cc1. The highest BCUT2D eigenvalue weighted by Gasteiger charge is 2.21. The Labute approximate surface area is 107 Å². The van der Waals surface area contributed by atoms with E-state index in [0.29, 0.717) is 5.69 Å². The van der Waals surface area contributed by atoms with Crippen LogP contribution in [0.4, 0.5) is 10.1 Å². The fraction of sp³-hybridized carbons (Fsp3) is 0.500. The van der Waals surface area contributed by atoms with Gasteiger partial charge in [-0.1, -0.05) is 0 Å². The zero-order valence-electron chi connectivity index (χ0n) is 10.0. The van der Waals surface area contributed by atoms with Crippen molar-refractivity contribution >= 4 is 15.7 Å². The summed E-state index contributed by atoms with van der Waals surface area (Å²) in [6, 6.07) is 5.33. The maximum Gasteiger partial charge on any atom is 0.232 e. The minimum Gasteiger partial charge on any atom is -0.317 e. The van der Waals surface area contributed by atoms with E-state index < -0.39 is 10.0 Å². The molecule has 2 rings (SSSR count). The fourth-order valence-electron chi connectivity index (χ4n) is 2.10. The summed E-state index contributed by atoms with van der Waals surface area (Å²) in [6.45, 7) is 1.74. The van der Waals surface area contributed by atoms with Gasteiger partial charge in [-0.15, -0.1) is 0 Å². The third kappa shape index (κ3) is 3.96. The molecular weight excluding hydrogens is 255 g/mol. The van der Waals surface area contributed by atoms with Crippen molar-refractivity contribution in [2.24, 2.45) is 5.92 Å². The number of sulfonamides is 1. The Hall–Kier alpha value is -1.14. The van der Waals surface area contributed by atoms with Gasteiger partial charge < -0.3 is 5.32 Å². The van der Waals surface area contributed by atoms with E-state index in [9.17, 15) is 12.8 Å². The minimum absolute atomic E-state index is 0.131. The molecule has 0 aliphatic carbocycles. The molecule has 1 aromatic rings. The highest BCUT2D eigenvalue weighted by atomic mass is 32.2. The van der Waals surface area contributed by atoms with Crippen LogP contribution in [0.2, 0.25) is 0 Å². The van der Waals surface area contributed by atoms with Gasteiger partial charge in [0.25, 0.3) is 0 Å². The number of hydrogen-bond donors (Lipinski definition) is 2. The molecule has 1 aromatic carbocycles. The van der Waals surface area contributed by atoms with Crippen LogP contribution >= 0.6 is 0 Å². The predicted octanol–water partition coefficient (Wildman–Crippen LogP) is 1.57. The third-order valence-corrected chi connectivity index (χ3v) is 4.49. The summed E-state index contributed by atoms with van der Waals surface area (Å²) in [7, 11) is -3.35. The Morgan fingerprint density at radius 1 is 1.22 bits per heavy atom. The fourth-order valence-corrected chi connectivity index (χ4v) is 3.63. The van der Waals surface area contributed by atoms with Crippen LogP contribution in [0.25, 0.3) is 0 Å². The van der Waals surface area contributed by atoms with Gasteiger partial charge in [0.15, 0.2) is 0 Å². The van der Waals surface area contributed by atoms with Crippen LogP contribution in [0, 0.1) is 11.7 Å². The number of rotatable bonds is 4. The summed E-state index contributed by atoms with van der Waals surface area (Å²) in [6.07, 6.45) is 1.76. The van der Waals surface area contributed by atoms with E-state index in [4.69, 9.17) is 0 Å². The Morgan fingerprint density at radius 2 is 1.83 bits per heavy atom. The molecule has 1 heterocycles. The smallest absolute Gasteiger partial charge is 0.232 e. The van der Waals surface area contributed by atoms with Crippen molar-refractivity contribution in [2.45, 2.75) is 12.8 Å². The van der Waals surface area contributed by atoms with E-state index in [0.717, 1.165) is 25.9 Å². The third-order valence-electron chi connectivity index (χ3n) is 3.03. The molecule has 18 heavy (non-hydrogen) atoms. The highest BCUT2D eigenvalue weighted by Crippen LogP contribution is 2.17. The summed E-state index contributed by atoms with van der Waals surface area (Å²) >= 11 is 0. The maximum absolute atomic E-state index is 12.7. The van der Waals surface area contributed by atoms with Crippen molar-refractivity contribution in [1.29, 1.82) is 0 Å². The number of halogens is 1. The first-order valence-electron chi connectivity index (χ1n) is 6.02. The van der Waals surface area contributed by atoms with Crippen molar-refractivity contribution in [3.8, 4) is 0 Å². The van der Waals surface area contributed by atoms with Crippen molar-refractivity contribution in [3.63, 3.8) is 0 Å². The molecule has 0 radical (unpaired) electrons. The minimum atomic E-state index is -3.35. The van der Waals surface area contributed by atoms with Gasteiger partial charge in [0.05, 0.1) is 5.75 Å². The average Bonchev–Trinajstić information content (AvgIpc) is 2.32. The molecule has 2 N–H and O–H groups in total. The van der Waals surface area contributed by atoms with Gasteiger partial charge >= 0.3 is 0 Å². The van der Waals surface area contributed by atoms with Crippen LogP contribution in [0.3, 0.4) is 0 Å². The first-order chi connectivity index (χ1) is 8.55. The summed E-state index contributed by atoms with van der Waals surface area (Å²) < 4.78 is 39.0. The zero-order chi connectivity index (χ0) is 13.0. The Morgan fingerprint density at radius 3 is 2.44 bits per heavy atom. The largest absolute Gasteiger partial charge is 0.317 e. The van der Waals surface area contributed by atoms with Crippen molar-refractivity contribution in [2.75, 3.05) is 23.6 Å². The van der Waals surface area contributed by atoms with E-state index in [1.807, 2.05) is 0 Å². The molecule has 0 unspecified atom stereocenters. The molecule has 0 amide bonds. The van der Waals surface area contributed by atoms with Gasteiger partial charge in [-0.3, -0.25) is 4.72 Å². The Bertz CT molecular complexity index is 481. The summed E-state index contributed by atoms with van der Waals surface area (Å²) in [5, 5.41) is 3.20. The van der Waals surface area contributed by atoms with E-state index in [1.54, 1.807) is 0 Å². The molecule has 0 aromatic heterocycles. The lowest BCUT2D eigenvalue weighted by Gasteiger charge is -2.22. The van der Waals surface area contributed by atoms with E-state index >= 15 is 0 Å². The first kappa shape index (κ1) is 13.3. The van der Waals surface area contributed by atoms with Crippen molar-refractivity contribution in [1.82, 2.24) is 5.32 Å². The highest BCUT2D eigenvalue weighted by molar-refractivity contribution is 7.92. The zero-order valence-corrected chi connectivity index (χ0v) is 10.8. The number of anilines is 1. The van der Waals surface area contributed by atoms with Crippen molar-refractivity contribution < 1.29 is 12.8 Å². The van der Waals surface area contributed by atoms with Crippen LogP contribution in [-0.2, 0) is 10.0 Å². The quantitative estimate of drug-likeness (QED) is 0.874. The maximum atomic E-state index is 12.7. The second kappa shape index (κ2) is 5.67. The van der Waals surface area contributed by atoms with Gasteiger partial charge in [-0.05, 0) is 56.1 Å². The second-order valence-corrected chi connectivity index (χ2v) is 6.35. The first-order valence-corrected chi connectivity index (χ1v) is 7.67. The average molecular weight is 272 g/mol. The molecule has 0 saturated carbocycles. The number of hydrogen-bond acceptors (Lipinski definition) is 3. The molecule has 0 atom stereocenters. The lowest BCUT2D eigenvalue weighted by molar-refractivity contribution is 0.402. The molecule has 0 spiro atoms.